The summed E-state index contributed by atoms with van der Waals surface area (Å²) in [6, 6.07) is 6.09. The number of benzene rings is 1. The van der Waals surface area contributed by atoms with Gasteiger partial charge in [-0.1, -0.05) is 5.21 Å². The Balaban J connectivity index is 1.25. The van der Waals surface area contributed by atoms with E-state index in [0.29, 0.717) is 13.2 Å². The van der Waals surface area contributed by atoms with Gasteiger partial charge >= 0.3 is 0 Å². The summed E-state index contributed by atoms with van der Waals surface area (Å²) in [5.41, 5.74) is 4.32. The molecule has 1 aromatic carbocycles. The van der Waals surface area contributed by atoms with Crippen LogP contribution in [0.2, 0.25) is 0 Å². The molecule has 3 aromatic rings. The van der Waals surface area contributed by atoms with Crippen LogP contribution in [0.4, 0.5) is 0 Å². The Morgan fingerprint density at radius 3 is 3.00 bits per heavy atom. The highest BCUT2D eigenvalue weighted by atomic mass is 16.5. The van der Waals surface area contributed by atoms with Gasteiger partial charge in [0.2, 0.25) is 0 Å². The van der Waals surface area contributed by atoms with Gasteiger partial charge in [0, 0.05) is 24.4 Å². The van der Waals surface area contributed by atoms with Gasteiger partial charge in [0.15, 0.2) is 0 Å². The maximum Gasteiger partial charge on any atom is 0.141 e. The van der Waals surface area contributed by atoms with Crippen LogP contribution in [0, 0.1) is 0 Å². The second-order valence-corrected chi connectivity index (χ2v) is 8.91. The summed E-state index contributed by atoms with van der Waals surface area (Å²) < 4.78 is 19.7. The third-order valence-corrected chi connectivity index (χ3v) is 6.62. The number of rotatable bonds is 4. The largest absolute Gasteiger partial charge is 0.484 e. The predicted molar refractivity (Wildman–Crippen MR) is 106 cm³/mol. The Bertz CT molecular complexity index is 1100. The quantitative estimate of drug-likeness (QED) is 0.678. The number of pyridine rings is 1. The van der Waals surface area contributed by atoms with Gasteiger partial charge in [-0.25, -0.2) is 4.68 Å². The average Bonchev–Trinajstić information content (AvgIpc) is 3.41. The minimum atomic E-state index is -0.192. The van der Waals surface area contributed by atoms with Crippen molar-refractivity contribution in [3.8, 4) is 5.75 Å². The van der Waals surface area contributed by atoms with Crippen molar-refractivity contribution in [3.63, 3.8) is 0 Å². The monoisotopic (exact) mass is 392 g/mol. The number of hydrogen-bond donors (Lipinski definition) is 0. The summed E-state index contributed by atoms with van der Waals surface area (Å²) in [7, 11) is 0. The molecule has 7 heteroatoms. The van der Waals surface area contributed by atoms with E-state index in [1.54, 1.807) is 0 Å². The molecule has 150 valence electrons. The molecule has 0 radical (unpaired) electrons. The number of nitrogens with zero attached hydrogens (tertiary/aromatic N) is 4. The van der Waals surface area contributed by atoms with Crippen molar-refractivity contribution in [1.82, 2.24) is 20.0 Å². The van der Waals surface area contributed by atoms with Gasteiger partial charge in [-0.05, 0) is 49.6 Å². The molecule has 0 amide bonds. The molecule has 1 saturated carbocycles. The van der Waals surface area contributed by atoms with Gasteiger partial charge < -0.3 is 14.2 Å². The molecule has 4 aliphatic rings. The highest BCUT2D eigenvalue weighted by Gasteiger charge is 2.61. The third-order valence-electron chi connectivity index (χ3n) is 6.62. The molecule has 1 aliphatic carbocycles. The molecule has 7 rings (SSSR count). The van der Waals surface area contributed by atoms with Crippen LogP contribution in [0.25, 0.3) is 10.9 Å². The van der Waals surface area contributed by atoms with Crippen LogP contribution in [-0.2, 0) is 28.0 Å². The molecule has 29 heavy (non-hydrogen) atoms. The van der Waals surface area contributed by atoms with Gasteiger partial charge in [0.25, 0.3) is 0 Å². The maximum atomic E-state index is 6.23. The highest BCUT2D eigenvalue weighted by Crippen LogP contribution is 2.55. The van der Waals surface area contributed by atoms with Crippen LogP contribution in [-0.4, -0.2) is 38.8 Å². The molecule has 2 bridgehead atoms. The summed E-state index contributed by atoms with van der Waals surface area (Å²) in [6.45, 7) is 6.28. The lowest BCUT2D eigenvalue weighted by Crippen LogP contribution is -2.49. The first-order chi connectivity index (χ1) is 14.0. The standard InChI is InChI=1S/C22H24N4O3/c1-14(20-9-26(25-24-20)22-11-21(2,12-22)28-13-22)29-16-3-4-19-18(7-16)17-5-6-27-10-15(17)8-23-19/h3-4,7-9,14H,5-6,10-13H2,1-2H3. The predicted octanol–water partition coefficient (Wildman–Crippen LogP) is 3.32. The van der Waals surface area contributed by atoms with Crippen molar-refractivity contribution in [2.45, 2.75) is 57.0 Å². The number of ether oxygens (including phenoxy) is 3. The van der Waals surface area contributed by atoms with Crippen molar-refractivity contribution in [3.05, 3.63) is 47.4 Å². The molecule has 1 unspecified atom stereocenters. The molecule has 1 atom stereocenters. The Morgan fingerprint density at radius 2 is 2.17 bits per heavy atom. The van der Waals surface area contributed by atoms with Crippen molar-refractivity contribution >= 4 is 10.9 Å². The number of hydrogen-bond acceptors (Lipinski definition) is 6. The molecule has 2 saturated heterocycles. The molecule has 0 spiro atoms. The summed E-state index contributed by atoms with van der Waals surface area (Å²) >= 11 is 0. The molecule has 0 N–H and O–H groups in total. The average molecular weight is 392 g/mol. The summed E-state index contributed by atoms with van der Waals surface area (Å²) in [6.07, 6.45) is 6.67. The molecular weight excluding hydrogens is 368 g/mol. The van der Waals surface area contributed by atoms with Gasteiger partial charge in [-0.2, -0.15) is 0 Å². The minimum absolute atomic E-state index is 0.0184. The molecular formula is C22H24N4O3. The van der Waals surface area contributed by atoms with E-state index in [1.807, 2.05) is 36.1 Å². The van der Waals surface area contributed by atoms with Crippen LogP contribution < -0.4 is 4.74 Å². The first-order valence-electron chi connectivity index (χ1n) is 10.3. The molecule has 5 heterocycles. The van der Waals surface area contributed by atoms with E-state index >= 15 is 0 Å². The van der Waals surface area contributed by atoms with Crippen LogP contribution in [0.1, 0.15) is 49.6 Å². The molecule has 3 fully saturated rings. The second kappa shape index (κ2) is 6.00. The summed E-state index contributed by atoms with van der Waals surface area (Å²) in [4.78, 5) is 4.56. The van der Waals surface area contributed by atoms with E-state index in [0.717, 1.165) is 48.2 Å². The molecule has 2 aromatic heterocycles. The zero-order valence-electron chi connectivity index (χ0n) is 16.7. The van der Waals surface area contributed by atoms with Crippen LogP contribution >= 0.6 is 0 Å². The third kappa shape index (κ3) is 2.68. The van der Waals surface area contributed by atoms with Gasteiger partial charge in [0.1, 0.15) is 17.5 Å². The molecule has 7 nitrogen and oxygen atoms in total. The van der Waals surface area contributed by atoms with E-state index in [2.05, 4.69) is 28.3 Å². The Hall–Kier alpha value is -2.51. The van der Waals surface area contributed by atoms with E-state index in [4.69, 9.17) is 14.2 Å². The zero-order chi connectivity index (χ0) is 19.6. The SMILES string of the molecule is CC(Oc1ccc2ncc3c(c2c1)CCOC3)c1cn(C23COC(C)(C2)C3)nn1. The van der Waals surface area contributed by atoms with Crippen LogP contribution in [0.5, 0.6) is 5.75 Å². The fraction of sp³-hybridized carbons (Fsp3) is 0.500. The highest BCUT2D eigenvalue weighted by molar-refractivity contribution is 5.84. The maximum absolute atomic E-state index is 6.23. The van der Waals surface area contributed by atoms with E-state index < -0.39 is 0 Å². The topological polar surface area (TPSA) is 71.3 Å². The Labute approximate surface area is 169 Å². The lowest BCUT2D eigenvalue weighted by atomic mass is 9.69. The van der Waals surface area contributed by atoms with Crippen molar-refractivity contribution in [2.24, 2.45) is 0 Å². The minimum Gasteiger partial charge on any atom is -0.484 e. The lowest BCUT2D eigenvalue weighted by molar-refractivity contribution is 0.00336. The fourth-order valence-corrected chi connectivity index (χ4v) is 5.16. The second-order valence-electron chi connectivity index (χ2n) is 8.91. The Morgan fingerprint density at radius 1 is 1.28 bits per heavy atom. The first-order valence-corrected chi connectivity index (χ1v) is 10.3. The van der Waals surface area contributed by atoms with E-state index in [-0.39, 0.29) is 17.2 Å². The number of fused-ring (bicyclic) bond motifs is 4. The smallest absolute Gasteiger partial charge is 0.141 e. The molecule has 3 aliphatic heterocycles. The van der Waals surface area contributed by atoms with Crippen molar-refractivity contribution in [1.29, 1.82) is 0 Å². The normalized spacial score (nSPS) is 28.8. The van der Waals surface area contributed by atoms with E-state index in [9.17, 15) is 0 Å². The number of aromatic nitrogens is 4. The van der Waals surface area contributed by atoms with Crippen LogP contribution in [0.3, 0.4) is 0 Å². The Kier molecular flexibility index (Phi) is 3.59. The van der Waals surface area contributed by atoms with Crippen molar-refractivity contribution in [2.75, 3.05) is 13.2 Å². The fourth-order valence-electron chi connectivity index (χ4n) is 5.16. The van der Waals surface area contributed by atoms with E-state index in [1.165, 1.54) is 11.1 Å². The zero-order valence-corrected chi connectivity index (χ0v) is 16.7. The van der Waals surface area contributed by atoms with Gasteiger partial charge in [-0.3, -0.25) is 4.98 Å². The van der Waals surface area contributed by atoms with Crippen LogP contribution in [0.15, 0.2) is 30.6 Å². The lowest BCUT2D eigenvalue weighted by Gasteiger charge is -2.41. The van der Waals surface area contributed by atoms with Gasteiger partial charge in [-0.15, -0.1) is 5.10 Å². The van der Waals surface area contributed by atoms with Crippen molar-refractivity contribution < 1.29 is 14.2 Å². The van der Waals surface area contributed by atoms with Gasteiger partial charge in [0.05, 0.1) is 42.7 Å². The summed E-state index contributed by atoms with van der Waals surface area (Å²) in [5, 5.41) is 9.93. The summed E-state index contributed by atoms with van der Waals surface area (Å²) in [5.74, 6) is 0.819. The first kappa shape index (κ1) is 17.4.